The highest BCUT2D eigenvalue weighted by Crippen LogP contribution is 2.29. The van der Waals surface area contributed by atoms with E-state index >= 15 is 0 Å². The summed E-state index contributed by atoms with van der Waals surface area (Å²) in [5, 5.41) is 3.60. The van der Waals surface area contributed by atoms with E-state index in [9.17, 15) is 0 Å². The third-order valence-electron chi connectivity index (χ3n) is 4.00. The van der Waals surface area contributed by atoms with Crippen molar-refractivity contribution >= 4 is 11.4 Å². The molecule has 1 fully saturated rings. The Morgan fingerprint density at radius 2 is 2.11 bits per heavy atom. The molecule has 2 unspecified atom stereocenters. The van der Waals surface area contributed by atoms with Gasteiger partial charge in [0.2, 0.25) is 0 Å². The normalized spacial score (nSPS) is 23.7. The van der Waals surface area contributed by atoms with Gasteiger partial charge in [-0.3, -0.25) is 0 Å². The first-order valence-corrected chi connectivity index (χ1v) is 7.16. The molecule has 0 aromatic heterocycles. The summed E-state index contributed by atoms with van der Waals surface area (Å²) in [5.74, 6) is 1.77. The minimum atomic E-state index is 0.858. The molecule has 1 aliphatic rings. The van der Waals surface area contributed by atoms with Crippen molar-refractivity contribution in [1.29, 1.82) is 0 Å². The van der Waals surface area contributed by atoms with Crippen LogP contribution in [0.5, 0.6) is 0 Å². The lowest BCUT2D eigenvalue weighted by atomic mass is 9.82. The second-order valence-electron chi connectivity index (χ2n) is 5.96. The number of hydrogen-bond acceptors (Lipinski definition) is 2. The molecule has 2 heteroatoms. The van der Waals surface area contributed by atoms with Gasteiger partial charge in [0, 0.05) is 32.0 Å². The van der Waals surface area contributed by atoms with Crippen molar-refractivity contribution < 1.29 is 0 Å². The maximum absolute atomic E-state index is 3.60. The molecule has 0 spiro atoms. The zero-order valence-corrected chi connectivity index (χ0v) is 11.9. The Morgan fingerprint density at radius 3 is 2.83 bits per heavy atom. The number of nitrogens with zero attached hydrogens (tertiary/aromatic N) is 1. The van der Waals surface area contributed by atoms with Gasteiger partial charge in [0.05, 0.1) is 0 Å². The average molecular weight is 246 g/mol. The van der Waals surface area contributed by atoms with E-state index in [1.807, 2.05) is 0 Å². The van der Waals surface area contributed by atoms with E-state index in [-0.39, 0.29) is 0 Å². The van der Waals surface area contributed by atoms with Crippen LogP contribution in [-0.4, -0.2) is 20.6 Å². The molecule has 18 heavy (non-hydrogen) atoms. The van der Waals surface area contributed by atoms with Crippen molar-refractivity contribution in [2.45, 2.75) is 32.6 Å². The SMILES string of the molecule is CC1CCCC(CNc2cccc(N(C)C)c2)C1. The molecular weight excluding hydrogens is 220 g/mol. The molecule has 0 bridgehead atoms. The van der Waals surface area contributed by atoms with Gasteiger partial charge in [-0.05, 0) is 42.9 Å². The first kappa shape index (κ1) is 13.3. The topological polar surface area (TPSA) is 15.3 Å². The maximum atomic E-state index is 3.60. The van der Waals surface area contributed by atoms with E-state index in [4.69, 9.17) is 0 Å². The summed E-state index contributed by atoms with van der Waals surface area (Å²) >= 11 is 0. The number of anilines is 2. The number of hydrogen-bond donors (Lipinski definition) is 1. The summed E-state index contributed by atoms with van der Waals surface area (Å²) in [6.07, 6.45) is 5.61. The molecule has 0 aliphatic heterocycles. The molecule has 0 heterocycles. The van der Waals surface area contributed by atoms with Gasteiger partial charge in [-0.2, -0.15) is 0 Å². The van der Waals surface area contributed by atoms with Gasteiger partial charge >= 0.3 is 0 Å². The van der Waals surface area contributed by atoms with E-state index in [0.717, 1.165) is 18.4 Å². The van der Waals surface area contributed by atoms with Crippen molar-refractivity contribution in [2.75, 3.05) is 30.9 Å². The van der Waals surface area contributed by atoms with Crippen LogP contribution in [0.25, 0.3) is 0 Å². The highest BCUT2D eigenvalue weighted by atomic mass is 15.1. The van der Waals surface area contributed by atoms with Crippen LogP contribution in [0.3, 0.4) is 0 Å². The largest absolute Gasteiger partial charge is 0.385 e. The molecule has 1 N–H and O–H groups in total. The van der Waals surface area contributed by atoms with Gasteiger partial charge in [-0.15, -0.1) is 0 Å². The third-order valence-corrected chi connectivity index (χ3v) is 4.00. The Bertz CT molecular complexity index is 373. The van der Waals surface area contributed by atoms with Crippen molar-refractivity contribution in [3.63, 3.8) is 0 Å². The monoisotopic (exact) mass is 246 g/mol. The lowest BCUT2D eigenvalue weighted by molar-refractivity contribution is 0.293. The Morgan fingerprint density at radius 1 is 1.28 bits per heavy atom. The van der Waals surface area contributed by atoms with Gasteiger partial charge in [0.15, 0.2) is 0 Å². The highest BCUT2D eigenvalue weighted by molar-refractivity contribution is 5.57. The molecule has 2 nitrogen and oxygen atoms in total. The van der Waals surface area contributed by atoms with Gasteiger partial charge < -0.3 is 10.2 Å². The lowest BCUT2D eigenvalue weighted by Crippen LogP contribution is -2.21. The second kappa shape index (κ2) is 6.12. The fourth-order valence-electron chi connectivity index (χ4n) is 2.90. The van der Waals surface area contributed by atoms with E-state index in [1.165, 1.54) is 37.1 Å². The minimum absolute atomic E-state index is 0.858. The molecule has 1 saturated carbocycles. The fourth-order valence-corrected chi connectivity index (χ4v) is 2.90. The molecule has 100 valence electrons. The third kappa shape index (κ3) is 3.66. The van der Waals surface area contributed by atoms with Crippen molar-refractivity contribution in [3.8, 4) is 0 Å². The zero-order valence-electron chi connectivity index (χ0n) is 11.9. The van der Waals surface area contributed by atoms with Crippen LogP contribution in [0.15, 0.2) is 24.3 Å². The lowest BCUT2D eigenvalue weighted by Gasteiger charge is -2.27. The van der Waals surface area contributed by atoms with Crippen LogP contribution in [0.1, 0.15) is 32.6 Å². The van der Waals surface area contributed by atoms with Crippen molar-refractivity contribution in [3.05, 3.63) is 24.3 Å². The second-order valence-corrected chi connectivity index (χ2v) is 5.96. The maximum Gasteiger partial charge on any atom is 0.0381 e. The predicted molar refractivity (Wildman–Crippen MR) is 80.4 cm³/mol. The van der Waals surface area contributed by atoms with Gasteiger partial charge in [0.25, 0.3) is 0 Å². The zero-order chi connectivity index (χ0) is 13.0. The standard InChI is InChI=1S/C16H26N2/c1-13-6-4-7-14(10-13)12-17-15-8-5-9-16(11-15)18(2)3/h5,8-9,11,13-14,17H,4,6-7,10,12H2,1-3H3. The van der Waals surface area contributed by atoms with Crippen LogP contribution in [0.4, 0.5) is 11.4 Å². The number of rotatable bonds is 4. The molecule has 2 rings (SSSR count). The van der Waals surface area contributed by atoms with Crippen molar-refractivity contribution in [1.82, 2.24) is 0 Å². The van der Waals surface area contributed by atoms with E-state index < -0.39 is 0 Å². The highest BCUT2D eigenvalue weighted by Gasteiger charge is 2.18. The van der Waals surface area contributed by atoms with E-state index in [1.54, 1.807) is 0 Å². The molecule has 2 atom stereocenters. The summed E-state index contributed by atoms with van der Waals surface area (Å²) in [4.78, 5) is 2.15. The molecule has 0 amide bonds. The molecule has 1 aromatic rings. The molecule has 0 saturated heterocycles. The number of benzene rings is 1. The van der Waals surface area contributed by atoms with E-state index in [2.05, 4.69) is 55.5 Å². The van der Waals surface area contributed by atoms with Crippen LogP contribution >= 0.6 is 0 Å². The summed E-state index contributed by atoms with van der Waals surface area (Å²) in [7, 11) is 4.17. The summed E-state index contributed by atoms with van der Waals surface area (Å²) in [6.45, 7) is 3.51. The first-order valence-electron chi connectivity index (χ1n) is 7.16. The smallest absolute Gasteiger partial charge is 0.0381 e. The van der Waals surface area contributed by atoms with Crippen LogP contribution in [-0.2, 0) is 0 Å². The first-order chi connectivity index (χ1) is 8.65. The molecule has 0 radical (unpaired) electrons. The molecular formula is C16H26N2. The van der Waals surface area contributed by atoms with Crippen LogP contribution < -0.4 is 10.2 Å². The fraction of sp³-hybridized carbons (Fsp3) is 0.625. The van der Waals surface area contributed by atoms with Gasteiger partial charge in [0.1, 0.15) is 0 Å². The Kier molecular flexibility index (Phi) is 4.51. The quantitative estimate of drug-likeness (QED) is 0.864. The molecule has 1 aromatic carbocycles. The van der Waals surface area contributed by atoms with Gasteiger partial charge in [-0.25, -0.2) is 0 Å². The van der Waals surface area contributed by atoms with Crippen molar-refractivity contribution in [2.24, 2.45) is 11.8 Å². The summed E-state index contributed by atoms with van der Waals surface area (Å²) in [6, 6.07) is 8.67. The minimum Gasteiger partial charge on any atom is -0.385 e. The Labute approximate surface area is 111 Å². The van der Waals surface area contributed by atoms with Crippen LogP contribution in [0.2, 0.25) is 0 Å². The predicted octanol–water partition coefficient (Wildman–Crippen LogP) is 3.99. The molecule has 1 aliphatic carbocycles. The summed E-state index contributed by atoms with van der Waals surface area (Å²) in [5.41, 5.74) is 2.51. The average Bonchev–Trinajstić information content (AvgIpc) is 2.37. The van der Waals surface area contributed by atoms with E-state index in [0.29, 0.717) is 0 Å². The summed E-state index contributed by atoms with van der Waals surface area (Å²) < 4.78 is 0. The number of nitrogens with one attached hydrogen (secondary N) is 1. The van der Waals surface area contributed by atoms with Gasteiger partial charge in [-0.1, -0.05) is 25.8 Å². The Balaban J connectivity index is 1.87. The Hall–Kier alpha value is -1.18. The van der Waals surface area contributed by atoms with Crippen LogP contribution in [0, 0.1) is 11.8 Å².